The molecule has 4 heteroatoms. The molecule has 0 aliphatic carbocycles. The van der Waals surface area contributed by atoms with Crippen molar-refractivity contribution >= 4 is 0 Å². The second-order valence-corrected chi connectivity index (χ2v) is 4.05. The summed E-state index contributed by atoms with van der Waals surface area (Å²) < 4.78 is 5.66. The largest absolute Gasteiger partial charge is 0.473 e. The van der Waals surface area contributed by atoms with Crippen molar-refractivity contribution in [3.63, 3.8) is 0 Å². The maximum Gasteiger partial charge on any atom is 0.213 e. The number of hydrogen-bond donors (Lipinski definition) is 1. The fourth-order valence-electron chi connectivity index (χ4n) is 1.57. The lowest BCUT2D eigenvalue weighted by atomic mass is 10.3. The van der Waals surface area contributed by atoms with Gasteiger partial charge >= 0.3 is 0 Å². The van der Waals surface area contributed by atoms with E-state index in [1.807, 2.05) is 43.3 Å². The Morgan fingerprint density at radius 1 is 1.11 bits per heavy atom. The van der Waals surface area contributed by atoms with Gasteiger partial charge in [-0.2, -0.15) is 0 Å². The van der Waals surface area contributed by atoms with Crippen molar-refractivity contribution < 1.29 is 4.74 Å². The fraction of sp³-hybridized carbons (Fsp3) is 0.286. The molecular formula is C14H17N3O. The molecule has 0 unspecified atom stereocenters. The summed E-state index contributed by atoms with van der Waals surface area (Å²) in [5.74, 6) is 0.657. The SMILES string of the molecule is C[C@@H](CNCc1ccccn1)Oc1ccccn1. The number of hydrogen-bond acceptors (Lipinski definition) is 4. The van der Waals surface area contributed by atoms with Crippen LogP contribution in [0.5, 0.6) is 5.88 Å². The Hall–Kier alpha value is -1.94. The molecule has 0 amide bonds. The van der Waals surface area contributed by atoms with Crippen LogP contribution in [0.1, 0.15) is 12.6 Å². The first kappa shape index (κ1) is 12.5. The van der Waals surface area contributed by atoms with Gasteiger partial charge in [0.05, 0.1) is 5.69 Å². The van der Waals surface area contributed by atoms with Gasteiger partial charge in [-0.05, 0) is 25.1 Å². The van der Waals surface area contributed by atoms with Crippen LogP contribution < -0.4 is 10.1 Å². The quantitative estimate of drug-likeness (QED) is 0.843. The number of pyridine rings is 2. The van der Waals surface area contributed by atoms with Crippen LogP contribution in [0, 0.1) is 0 Å². The molecular weight excluding hydrogens is 226 g/mol. The molecule has 2 aromatic rings. The molecule has 0 saturated heterocycles. The molecule has 0 aromatic carbocycles. The molecule has 2 aromatic heterocycles. The van der Waals surface area contributed by atoms with Crippen molar-refractivity contribution in [2.24, 2.45) is 0 Å². The van der Waals surface area contributed by atoms with Crippen molar-refractivity contribution in [1.82, 2.24) is 15.3 Å². The molecule has 0 aliphatic heterocycles. The summed E-state index contributed by atoms with van der Waals surface area (Å²) in [4.78, 5) is 8.37. The van der Waals surface area contributed by atoms with E-state index in [0.717, 1.165) is 18.8 Å². The molecule has 4 nitrogen and oxygen atoms in total. The number of nitrogens with zero attached hydrogens (tertiary/aromatic N) is 2. The molecule has 0 saturated carbocycles. The van der Waals surface area contributed by atoms with E-state index >= 15 is 0 Å². The molecule has 0 spiro atoms. The standard InChI is InChI=1S/C14H17N3O/c1-12(18-14-7-3-5-9-17-14)10-15-11-13-6-2-4-8-16-13/h2-9,12,15H,10-11H2,1H3/t12-/m0/s1. The maximum atomic E-state index is 5.66. The zero-order valence-corrected chi connectivity index (χ0v) is 10.4. The van der Waals surface area contributed by atoms with Crippen LogP contribution in [0.4, 0.5) is 0 Å². The Bertz CT molecular complexity index is 447. The van der Waals surface area contributed by atoms with Gasteiger partial charge in [0, 0.05) is 31.5 Å². The summed E-state index contributed by atoms with van der Waals surface area (Å²) in [5.41, 5.74) is 1.03. The van der Waals surface area contributed by atoms with Gasteiger partial charge in [-0.15, -0.1) is 0 Å². The Morgan fingerprint density at radius 2 is 1.89 bits per heavy atom. The lowest BCUT2D eigenvalue weighted by Crippen LogP contribution is -2.29. The third kappa shape index (κ3) is 4.14. The average Bonchev–Trinajstić information content (AvgIpc) is 2.41. The lowest BCUT2D eigenvalue weighted by Gasteiger charge is -2.14. The van der Waals surface area contributed by atoms with Crippen LogP contribution in [0.2, 0.25) is 0 Å². The van der Waals surface area contributed by atoms with Crippen molar-refractivity contribution in [2.75, 3.05) is 6.54 Å². The molecule has 1 atom stereocenters. The molecule has 18 heavy (non-hydrogen) atoms. The van der Waals surface area contributed by atoms with E-state index in [4.69, 9.17) is 4.74 Å². The van der Waals surface area contributed by atoms with Gasteiger partial charge in [-0.25, -0.2) is 4.98 Å². The van der Waals surface area contributed by atoms with Gasteiger partial charge in [-0.1, -0.05) is 12.1 Å². The maximum absolute atomic E-state index is 5.66. The highest BCUT2D eigenvalue weighted by Crippen LogP contribution is 2.05. The van der Waals surface area contributed by atoms with Crippen LogP contribution in [0.3, 0.4) is 0 Å². The van der Waals surface area contributed by atoms with Crippen molar-refractivity contribution in [1.29, 1.82) is 0 Å². The third-order valence-corrected chi connectivity index (χ3v) is 2.42. The highest BCUT2D eigenvalue weighted by molar-refractivity contribution is 5.09. The van der Waals surface area contributed by atoms with E-state index in [1.54, 1.807) is 12.4 Å². The molecule has 1 N–H and O–H groups in total. The van der Waals surface area contributed by atoms with Gasteiger partial charge in [0.15, 0.2) is 0 Å². The van der Waals surface area contributed by atoms with E-state index in [9.17, 15) is 0 Å². The highest BCUT2D eigenvalue weighted by Gasteiger charge is 2.04. The third-order valence-electron chi connectivity index (χ3n) is 2.42. The summed E-state index contributed by atoms with van der Waals surface area (Å²) in [5, 5.41) is 3.31. The van der Waals surface area contributed by atoms with Gasteiger partial charge in [0.1, 0.15) is 6.10 Å². The number of rotatable bonds is 6. The Morgan fingerprint density at radius 3 is 2.56 bits per heavy atom. The first-order valence-electron chi connectivity index (χ1n) is 6.03. The van der Waals surface area contributed by atoms with E-state index in [-0.39, 0.29) is 6.10 Å². The monoisotopic (exact) mass is 243 g/mol. The molecule has 0 fully saturated rings. The lowest BCUT2D eigenvalue weighted by molar-refractivity contribution is 0.208. The summed E-state index contributed by atoms with van der Waals surface area (Å²) in [6, 6.07) is 11.5. The Kier molecular flexibility index (Phi) is 4.67. The van der Waals surface area contributed by atoms with E-state index in [2.05, 4.69) is 15.3 Å². The van der Waals surface area contributed by atoms with Crippen molar-refractivity contribution in [2.45, 2.75) is 19.6 Å². The van der Waals surface area contributed by atoms with Gasteiger partial charge in [0.25, 0.3) is 0 Å². The Balaban J connectivity index is 1.71. The average molecular weight is 243 g/mol. The first-order valence-corrected chi connectivity index (χ1v) is 6.03. The predicted molar refractivity (Wildman–Crippen MR) is 70.3 cm³/mol. The zero-order valence-electron chi connectivity index (χ0n) is 10.4. The molecule has 2 rings (SSSR count). The van der Waals surface area contributed by atoms with Gasteiger partial charge < -0.3 is 10.1 Å². The molecule has 94 valence electrons. The van der Waals surface area contributed by atoms with E-state index < -0.39 is 0 Å². The minimum absolute atomic E-state index is 0.0728. The topological polar surface area (TPSA) is 47.0 Å². The van der Waals surface area contributed by atoms with E-state index in [0.29, 0.717) is 5.88 Å². The highest BCUT2D eigenvalue weighted by atomic mass is 16.5. The summed E-state index contributed by atoms with van der Waals surface area (Å²) in [7, 11) is 0. The number of nitrogens with one attached hydrogen (secondary N) is 1. The first-order chi connectivity index (χ1) is 8.84. The zero-order chi connectivity index (χ0) is 12.6. The molecule has 0 bridgehead atoms. The summed E-state index contributed by atoms with van der Waals surface area (Å²) >= 11 is 0. The second-order valence-electron chi connectivity index (χ2n) is 4.05. The van der Waals surface area contributed by atoms with Crippen LogP contribution in [-0.4, -0.2) is 22.6 Å². The normalized spacial score (nSPS) is 12.1. The Labute approximate surface area is 107 Å². The van der Waals surface area contributed by atoms with E-state index in [1.165, 1.54) is 0 Å². The number of ether oxygens (including phenoxy) is 1. The minimum Gasteiger partial charge on any atom is -0.473 e. The van der Waals surface area contributed by atoms with Crippen molar-refractivity contribution in [3.05, 3.63) is 54.5 Å². The summed E-state index contributed by atoms with van der Waals surface area (Å²) in [6.45, 7) is 3.52. The van der Waals surface area contributed by atoms with Crippen molar-refractivity contribution in [3.8, 4) is 5.88 Å². The molecule has 0 aliphatic rings. The van der Waals surface area contributed by atoms with Gasteiger partial charge in [-0.3, -0.25) is 4.98 Å². The van der Waals surface area contributed by atoms with Crippen LogP contribution in [0.15, 0.2) is 48.8 Å². The molecule has 2 heterocycles. The minimum atomic E-state index is 0.0728. The van der Waals surface area contributed by atoms with Gasteiger partial charge in [0.2, 0.25) is 5.88 Å². The van der Waals surface area contributed by atoms with Crippen LogP contribution in [0.25, 0.3) is 0 Å². The predicted octanol–water partition coefficient (Wildman–Crippen LogP) is 2.03. The molecule has 0 radical (unpaired) electrons. The van der Waals surface area contributed by atoms with Crippen LogP contribution >= 0.6 is 0 Å². The fourth-order valence-corrected chi connectivity index (χ4v) is 1.57. The smallest absolute Gasteiger partial charge is 0.213 e. The van der Waals surface area contributed by atoms with Crippen LogP contribution in [-0.2, 0) is 6.54 Å². The number of aromatic nitrogens is 2. The summed E-state index contributed by atoms with van der Waals surface area (Å²) in [6.07, 6.45) is 3.59. The second kappa shape index (κ2) is 6.71.